The lowest BCUT2D eigenvalue weighted by Crippen LogP contribution is -2.75. The number of piperidine rings is 1. The molecule has 13 heteroatoms. The van der Waals surface area contributed by atoms with Gasteiger partial charge in [0.1, 0.15) is 17.3 Å². The van der Waals surface area contributed by atoms with Crippen LogP contribution in [0.4, 0.5) is 0 Å². The number of hydrogen-bond acceptors (Lipinski definition) is 10. The number of amides is 1. The molecule has 1 amide bonds. The number of carbonyl (C=O) groups is 3. The van der Waals surface area contributed by atoms with E-state index in [9.17, 15) is 19.5 Å². The number of esters is 1. The van der Waals surface area contributed by atoms with Gasteiger partial charge in [-0.3, -0.25) is 14.5 Å². The molecular formula is C30H41N3O8P2. The van der Waals surface area contributed by atoms with E-state index in [1.54, 1.807) is 19.9 Å². The molecule has 3 aliphatic carbocycles. The van der Waals surface area contributed by atoms with Crippen LogP contribution in [-0.4, -0.2) is 76.9 Å². The Balaban J connectivity index is 1.27. The molecule has 1 saturated carbocycles. The Morgan fingerprint density at radius 2 is 2.09 bits per heavy atom. The van der Waals surface area contributed by atoms with Crippen LogP contribution in [0.15, 0.2) is 24.0 Å². The molecular weight excluding hydrogens is 592 g/mol. The number of likely N-dealkylation sites (tertiary alicyclic amines) is 1. The van der Waals surface area contributed by atoms with Gasteiger partial charge in [0.05, 0.1) is 29.3 Å². The monoisotopic (exact) mass is 633 g/mol. The van der Waals surface area contributed by atoms with Crippen molar-refractivity contribution in [2.45, 2.75) is 93.5 Å². The number of nitrogens with two attached hydrogens (primary N) is 1. The highest BCUT2D eigenvalue weighted by atomic mass is 31.1. The standard InChI is InChI=1S/C30H41N3O8P2/c1-28(2,32-22(34)9-7-18(31)26(35)40-42)27(36)38-20-10-11-30(37)21-14-17-6-8-19(41-43-3)24-23(17)29(30,25(20)39-24)12-13-33(21)15-16-4-5-16/h6,8,10,16,18,21,25,37,43H,4-5,7,9,11-15,31,42H2,1-3H3,(H,32,34)/t18?,21-,25+,29+,30-/m1/s1. The van der Waals surface area contributed by atoms with Crippen molar-refractivity contribution in [1.82, 2.24) is 10.2 Å². The molecule has 2 aliphatic heterocycles. The fourth-order valence-corrected chi connectivity index (χ4v) is 8.09. The van der Waals surface area contributed by atoms with Crippen LogP contribution >= 0.6 is 18.3 Å². The predicted octanol–water partition coefficient (Wildman–Crippen LogP) is 2.23. The van der Waals surface area contributed by atoms with Gasteiger partial charge >= 0.3 is 11.9 Å². The van der Waals surface area contributed by atoms with Gasteiger partial charge in [0.2, 0.25) is 5.91 Å². The second-order valence-corrected chi connectivity index (χ2v) is 13.8. The maximum absolute atomic E-state index is 13.6. The zero-order valence-corrected chi connectivity index (χ0v) is 27.0. The van der Waals surface area contributed by atoms with Crippen molar-refractivity contribution in [3.8, 4) is 11.5 Å². The molecule has 2 fully saturated rings. The van der Waals surface area contributed by atoms with Gasteiger partial charge in [-0.05, 0) is 82.8 Å². The van der Waals surface area contributed by atoms with Crippen molar-refractivity contribution in [1.29, 1.82) is 0 Å². The molecule has 4 N–H and O–H groups in total. The Hall–Kier alpha value is -2.29. The van der Waals surface area contributed by atoms with Crippen molar-refractivity contribution >= 4 is 36.1 Å². The van der Waals surface area contributed by atoms with Crippen molar-refractivity contribution in [3.05, 3.63) is 35.1 Å². The highest BCUT2D eigenvalue weighted by Gasteiger charge is 2.72. The highest BCUT2D eigenvalue weighted by molar-refractivity contribution is 7.31. The third-order valence-electron chi connectivity index (χ3n) is 9.86. The van der Waals surface area contributed by atoms with Crippen molar-refractivity contribution < 1.29 is 38.0 Å². The second-order valence-electron chi connectivity index (χ2n) is 13.0. The first-order chi connectivity index (χ1) is 20.4. The van der Waals surface area contributed by atoms with Crippen molar-refractivity contribution in [3.63, 3.8) is 0 Å². The molecule has 11 nitrogen and oxygen atoms in total. The minimum Gasteiger partial charge on any atom is -0.477 e. The number of nitrogens with zero attached hydrogens (tertiary/aromatic N) is 1. The molecule has 1 aromatic rings. The number of nitrogens with one attached hydrogen (secondary N) is 1. The average molecular weight is 634 g/mol. The summed E-state index contributed by atoms with van der Waals surface area (Å²) in [7, 11) is 2.05. The van der Waals surface area contributed by atoms with E-state index < -0.39 is 46.5 Å². The van der Waals surface area contributed by atoms with Gasteiger partial charge in [-0.2, -0.15) is 0 Å². The van der Waals surface area contributed by atoms with E-state index in [4.69, 9.17) is 19.7 Å². The summed E-state index contributed by atoms with van der Waals surface area (Å²) < 4.78 is 23.2. The number of rotatable bonds is 11. The fourth-order valence-electron chi connectivity index (χ4n) is 7.53. The molecule has 0 radical (unpaired) electrons. The van der Waals surface area contributed by atoms with Crippen LogP contribution in [0.5, 0.6) is 11.5 Å². The number of carbonyl (C=O) groups excluding carboxylic acids is 3. The topological polar surface area (TPSA) is 150 Å². The van der Waals surface area contributed by atoms with Gasteiger partial charge < -0.3 is 34.7 Å². The molecule has 5 aliphatic rings. The fraction of sp³-hybridized carbons (Fsp3) is 0.633. The number of ether oxygens (including phenoxy) is 2. The first-order valence-electron chi connectivity index (χ1n) is 15.0. The Morgan fingerprint density at radius 1 is 1.33 bits per heavy atom. The molecule has 7 atom stereocenters. The van der Waals surface area contributed by atoms with Crippen molar-refractivity contribution in [2.24, 2.45) is 11.7 Å². The van der Waals surface area contributed by atoms with E-state index in [0.717, 1.165) is 30.6 Å². The van der Waals surface area contributed by atoms with Crippen LogP contribution in [0, 0.1) is 5.92 Å². The molecule has 3 unspecified atom stereocenters. The Morgan fingerprint density at radius 3 is 2.79 bits per heavy atom. The lowest BCUT2D eigenvalue weighted by atomic mass is 9.50. The molecule has 1 saturated heterocycles. The Bertz CT molecular complexity index is 1370. The van der Waals surface area contributed by atoms with Crippen LogP contribution in [0.2, 0.25) is 0 Å². The molecule has 2 bridgehead atoms. The predicted molar refractivity (Wildman–Crippen MR) is 163 cm³/mol. The number of hydrogen-bond donors (Lipinski definition) is 3. The zero-order chi connectivity index (χ0) is 30.7. The summed E-state index contributed by atoms with van der Waals surface area (Å²) in [5, 5.41) is 15.4. The normalized spacial score (nSPS) is 29.8. The van der Waals surface area contributed by atoms with Gasteiger partial charge in [0, 0.05) is 31.0 Å². The quantitative estimate of drug-likeness (QED) is 0.245. The first-order valence-corrected chi connectivity index (χ1v) is 16.9. The SMILES string of the molecule is CPOc1ccc2c3c1O[C@H]1C(OC(=O)C(C)(C)NC(=O)CCC(N)C(=O)OP)=CC[C@@]4(O)[C@@H](C2)N(CC2CC2)CC[C@]314. The van der Waals surface area contributed by atoms with Crippen LogP contribution in [0.1, 0.15) is 63.5 Å². The summed E-state index contributed by atoms with van der Waals surface area (Å²) in [6.07, 6.45) is 5.23. The van der Waals surface area contributed by atoms with Gasteiger partial charge in [-0.25, -0.2) is 4.79 Å². The largest absolute Gasteiger partial charge is 0.477 e. The molecule has 1 spiro atoms. The summed E-state index contributed by atoms with van der Waals surface area (Å²) in [5.41, 5.74) is 4.58. The number of aliphatic hydroxyl groups is 1. The van der Waals surface area contributed by atoms with Gasteiger partial charge in [0.25, 0.3) is 0 Å². The maximum atomic E-state index is 13.6. The van der Waals surface area contributed by atoms with E-state index >= 15 is 0 Å². The zero-order valence-electron chi connectivity index (χ0n) is 24.8. The Kier molecular flexibility index (Phi) is 8.04. The van der Waals surface area contributed by atoms with Gasteiger partial charge in [-0.1, -0.05) is 6.07 Å². The van der Waals surface area contributed by atoms with Crippen LogP contribution in [0.3, 0.4) is 0 Å². The van der Waals surface area contributed by atoms with E-state index in [2.05, 4.69) is 20.8 Å². The van der Waals surface area contributed by atoms with E-state index in [1.807, 2.05) is 22.2 Å². The molecule has 2 heterocycles. The molecule has 0 aromatic heterocycles. The first kappa shape index (κ1) is 30.7. The summed E-state index contributed by atoms with van der Waals surface area (Å²) in [6, 6.07) is 3.02. The minimum atomic E-state index is -1.38. The number of benzene rings is 1. The van der Waals surface area contributed by atoms with Gasteiger partial charge in [0.15, 0.2) is 17.6 Å². The van der Waals surface area contributed by atoms with E-state index in [-0.39, 0.29) is 27.7 Å². The minimum absolute atomic E-state index is 0.0641. The maximum Gasteiger partial charge on any atom is 0.336 e. The van der Waals surface area contributed by atoms with Crippen LogP contribution < -0.4 is 20.3 Å². The molecule has 1 aromatic carbocycles. The van der Waals surface area contributed by atoms with Crippen molar-refractivity contribution in [2.75, 3.05) is 19.8 Å². The molecule has 6 rings (SSSR count). The average Bonchev–Trinajstić information content (AvgIpc) is 3.71. The summed E-state index contributed by atoms with van der Waals surface area (Å²) in [5.74, 6) is 0.534. The smallest absolute Gasteiger partial charge is 0.336 e. The lowest BCUT2D eigenvalue weighted by molar-refractivity contribution is -0.175. The third kappa shape index (κ3) is 5.05. The summed E-state index contributed by atoms with van der Waals surface area (Å²) in [4.78, 5) is 40.2. The van der Waals surface area contributed by atoms with Crippen LogP contribution in [-0.2, 0) is 35.5 Å². The van der Waals surface area contributed by atoms with E-state index in [1.165, 1.54) is 12.8 Å². The summed E-state index contributed by atoms with van der Waals surface area (Å²) in [6.45, 7) is 6.87. The van der Waals surface area contributed by atoms with Crippen LogP contribution in [0.25, 0.3) is 0 Å². The second kappa shape index (κ2) is 11.3. The summed E-state index contributed by atoms with van der Waals surface area (Å²) >= 11 is 0. The highest BCUT2D eigenvalue weighted by Crippen LogP contribution is 2.66. The molecule has 43 heavy (non-hydrogen) atoms. The Labute approximate surface area is 255 Å². The third-order valence-corrected chi connectivity index (χ3v) is 10.5. The molecule has 234 valence electrons. The lowest BCUT2D eigenvalue weighted by Gasteiger charge is -2.62. The van der Waals surface area contributed by atoms with E-state index in [0.29, 0.717) is 36.0 Å². The van der Waals surface area contributed by atoms with Gasteiger partial charge in [-0.15, -0.1) is 0 Å².